The number of hydrogen-bond acceptors (Lipinski definition) is 4. The number of carbonyl (C=O) groups is 1. The van der Waals surface area contributed by atoms with Crippen LogP contribution in [0.5, 0.6) is 17.2 Å². The Bertz CT molecular complexity index is 753. The van der Waals surface area contributed by atoms with Crippen molar-refractivity contribution in [3.8, 4) is 17.2 Å². The van der Waals surface area contributed by atoms with E-state index < -0.39 is 0 Å². The summed E-state index contributed by atoms with van der Waals surface area (Å²) in [6.45, 7) is 4.34. The van der Waals surface area contributed by atoms with Crippen molar-refractivity contribution in [1.82, 2.24) is 0 Å². The Morgan fingerprint density at radius 1 is 1.21 bits per heavy atom. The lowest BCUT2D eigenvalue weighted by atomic mass is 10.2. The van der Waals surface area contributed by atoms with Gasteiger partial charge < -0.3 is 19.9 Å². The Morgan fingerprint density at radius 3 is 2.71 bits per heavy atom. The van der Waals surface area contributed by atoms with E-state index >= 15 is 0 Å². The van der Waals surface area contributed by atoms with Crippen LogP contribution in [0.25, 0.3) is 6.08 Å². The Balaban J connectivity index is 2.09. The van der Waals surface area contributed by atoms with Crippen LogP contribution in [0.4, 0.5) is 5.69 Å². The average molecular weight is 327 g/mol. The molecule has 5 heteroatoms. The molecule has 0 spiro atoms. The second kappa shape index (κ2) is 8.06. The highest BCUT2D eigenvalue weighted by Crippen LogP contribution is 2.28. The minimum atomic E-state index is -0.330. The van der Waals surface area contributed by atoms with Crippen LogP contribution in [-0.4, -0.2) is 24.7 Å². The fraction of sp³-hybridized carbons (Fsp3) is 0.211. The fourth-order valence-corrected chi connectivity index (χ4v) is 2.16. The van der Waals surface area contributed by atoms with Gasteiger partial charge in [0.25, 0.3) is 0 Å². The van der Waals surface area contributed by atoms with E-state index in [0.29, 0.717) is 23.8 Å². The molecular formula is C19H21NO4. The summed E-state index contributed by atoms with van der Waals surface area (Å²) in [5.74, 6) is 0.968. The molecule has 5 nitrogen and oxygen atoms in total. The van der Waals surface area contributed by atoms with Crippen molar-refractivity contribution in [3.05, 3.63) is 53.6 Å². The summed E-state index contributed by atoms with van der Waals surface area (Å²) in [5.41, 5.74) is 2.14. The number of anilines is 1. The third-order valence-corrected chi connectivity index (χ3v) is 3.32. The molecule has 0 saturated heterocycles. The van der Waals surface area contributed by atoms with Gasteiger partial charge in [0, 0.05) is 6.08 Å². The summed E-state index contributed by atoms with van der Waals surface area (Å²) in [5, 5.41) is 12.4. The molecule has 0 aliphatic carbocycles. The predicted octanol–water partition coefficient (Wildman–Crippen LogP) is 3.76. The second-order valence-electron chi connectivity index (χ2n) is 5.19. The lowest BCUT2D eigenvalue weighted by Crippen LogP contribution is -2.08. The highest BCUT2D eigenvalue weighted by Gasteiger charge is 2.06. The summed E-state index contributed by atoms with van der Waals surface area (Å²) in [7, 11) is 1.57. The number of hydrogen-bond donors (Lipinski definition) is 2. The van der Waals surface area contributed by atoms with Gasteiger partial charge in [0.1, 0.15) is 5.75 Å². The van der Waals surface area contributed by atoms with Crippen LogP contribution in [-0.2, 0) is 4.79 Å². The largest absolute Gasteiger partial charge is 0.506 e. The number of methoxy groups -OCH3 is 1. The van der Waals surface area contributed by atoms with Crippen molar-refractivity contribution in [2.45, 2.75) is 13.8 Å². The van der Waals surface area contributed by atoms with Crippen molar-refractivity contribution in [1.29, 1.82) is 0 Å². The zero-order valence-electron chi connectivity index (χ0n) is 14.0. The number of benzene rings is 2. The molecule has 0 bridgehead atoms. The van der Waals surface area contributed by atoms with Crippen molar-refractivity contribution in [2.75, 3.05) is 19.0 Å². The summed E-state index contributed by atoms with van der Waals surface area (Å²) in [4.78, 5) is 12.0. The van der Waals surface area contributed by atoms with Crippen molar-refractivity contribution >= 4 is 17.7 Å². The molecule has 0 atom stereocenters. The minimum absolute atomic E-state index is 0.0325. The molecule has 0 fully saturated rings. The maximum atomic E-state index is 12.0. The summed E-state index contributed by atoms with van der Waals surface area (Å²) in [6.07, 6.45) is 3.07. The van der Waals surface area contributed by atoms with Crippen LogP contribution >= 0.6 is 0 Å². The first-order chi connectivity index (χ1) is 11.5. The average Bonchev–Trinajstić information content (AvgIpc) is 2.57. The Morgan fingerprint density at radius 2 is 2.00 bits per heavy atom. The third kappa shape index (κ3) is 4.52. The Labute approximate surface area is 141 Å². The number of carbonyl (C=O) groups excluding carboxylic acids is 1. The van der Waals surface area contributed by atoms with Gasteiger partial charge >= 0.3 is 0 Å². The van der Waals surface area contributed by atoms with Gasteiger partial charge in [-0.15, -0.1) is 0 Å². The van der Waals surface area contributed by atoms with E-state index in [1.54, 1.807) is 43.5 Å². The van der Waals surface area contributed by atoms with E-state index in [0.717, 1.165) is 11.1 Å². The third-order valence-electron chi connectivity index (χ3n) is 3.32. The van der Waals surface area contributed by atoms with Gasteiger partial charge in [0.15, 0.2) is 11.5 Å². The normalized spacial score (nSPS) is 10.6. The molecule has 1 amide bonds. The van der Waals surface area contributed by atoms with Gasteiger partial charge in [-0.3, -0.25) is 4.79 Å². The van der Waals surface area contributed by atoms with Crippen LogP contribution in [0.1, 0.15) is 18.1 Å². The second-order valence-corrected chi connectivity index (χ2v) is 5.19. The number of phenolic OH excluding ortho intramolecular Hbond substituents is 1. The highest BCUT2D eigenvalue weighted by molar-refractivity contribution is 6.02. The van der Waals surface area contributed by atoms with Gasteiger partial charge in [-0.25, -0.2) is 0 Å². The molecule has 2 aromatic carbocycles. The molecule has 2 rings (SSSR count). The molecule has 0 heterocycles. The number of aryl methyl sites for hydroxylation is 1. The van der Waals surface area contributed by atoms with Crippen molar-refractivity contribution in [2.24, 2.45) is 0 Å². The molecule has 24 heavy (non-hydrogen) atoms. The van der Waals surface area contributed by atoms with E-state index in [-0.39, 0.29) is 11.7 Å². The number of phenols is 1. The molecule has 0 radical (unpaired) electrons. The van der Waals surface area contributed by atoms with Gasteiger partial charge in [0.05, 0.1) is 19.4 Å². The number of amides is 1. The van der Waals surface area contributed by atoms with Crippen molar-refractivity contribution in [3.63, 3.8) is 0 Å². The van der Waals surface area contributed by atoms with E-state index in [2.05, 4.69) is 5.32 Å². The summed E-state index contributed by atoms with van der Waals surface area (Å²) >= 11 is 0. The topological polar surface area (TPSA) is 67.8 Å². The lowest BCUT2D eigenvalue weighted by Gasteiger charge is -2.09. The molecule has 0 aliphatic heterocycles. The van der Waals surface area contributed by atoms with Crippen LogP contribution in [0.3, 0.4) is 0 Å². The van der Waals surface area contributed by atoms with E-state index in [1.807, 2.05) is 19.9 Å². The fourth-order valence-electron chi connectivity index (χ4n) is 2.16. The zero-order chi connectivity index (χ0) is 17.5. The SMILES string of the molecule is CCOc1ccc(/C=C/C(=O)Nc2cc(C)ccc2O)cc1OC. The molecule has 0 aliphatic rings. The predicted molar refractivity (Wildman–Crippen MR) is 94.7 cm³/mol. The first kappa shape index (κ1) is 17.4. The van der Waals surface area contributed by atoms with Crippen LogP contribution in [0.2, 0.25) is 0 Å². The van der Waals surface area contributed by atoms with E-state index in [1.165, 1.54) is 6.08 Å². The van der Waals surface area contributed by atoms with Gasteiger partial charge in [-0.2, -0.15) is 0 Å². The van der Waals surface area contributed by atoms with Gasteiger partial charge in [-0.05, 0) is 55.3 Å². The first-order valence-electron chi connectivity index (χ1n) is 7.63. The standard InChI is InChI=1S/C19H21NO4/c1-4-24-17-9-6-14(12-18(17)23-3)7-10-19(22)20-15-11-13(2)5-8-16(15)21/h5-12,21H,4H2,1-3H3,(H,20,22)/b10-7+. The Kier molecular flexibility index (Phi) is 5.84. The molecular weight excluding hydrogens is 306 g/mol. The number of aromatic hydroxyl groups is 1. The minimum Gasteiger partial charge on any atom is -0.506 e. The monoisotopic (exact) mass is 327 g/mol. The molecule has 2 aromatic rings. The van der Waals surface area contributed by atoms with Crippen LogP contribution in [0, 0.1) is 6.92 Å². The lowest BCUT2D eigenvalue weighted by molar-refractivity contribution is -0.111. The highest BCUT2D eigenvalue weighted by atomic mass is 16.5. The maximum absolute atomic E-state index is 12.0. The Hall–Kier alpha value is -2.95. The summed E-state index contributed by atoms with van der Waals surface area (Å²) in [6, 6.07) is 10.5. The molecule has 126 valence electrons. The molecule has 0 saturated carbocycles. The molecule has 2 N–H and O–H groups in total. The van der Waals surface area contributed by atoms with E-state index in [9.17, 15) is 9.90 Å². The zero-order valence-corrected chi connectivity index (χ0v) is 14.0. The number of rotatable bonds is 6. The summed E-state index contributed by atoms with van der Waals surface area (Å²) < 4.78 is 10.7. The van der Waals surface area contributed by atoms with E-state index in [4.69, 9.17) is 9.47 Å². The number of nitrogens with one attached hydrogen (secondary N) is 1. The van der Waals surface area contributed by atoms with Crippen molar-refractivity contribution < 1.29 is 19.4 Å². The molecule has 0 aromatic heterocycles. The van der Waals surface area contributed by atoms with Gasteiger partial charge in [0.2, 0.25) is 5.91 Å². The maximum Gasteiger partial charge on any atom is 0.248 e. The molecule has 0 unspecified atom stereocenters. The smallest absolute Gasteiger partial charge is 0.248 e. The van der Waals surface area contributed by atoms with Gasteiger partial charge in [-0.1, -0.05) is 12.1 Å². The number of ether oxygens (including phenoxy) is 2. The quantitative estimate of drug-likeness (QED) is 0.626. The van der Waals surface area contributed by atoms with Crippen LogP contribution < -0.4 is 14.8 Å². The first-order valence-corrected chi connectivity index (χ1v) is 7.63. The van der Waals surface area contributed by atoms with Crippen LogP contribution in [0.15, 0.2) is 42.5 Å².